The zero-order valence-electron chi connectivity index (χ0n) is 22.3. The number of anilines is 2. The van der Waals surface area contributed by atoms with Gasteiger partial charge in [0.25, 0.3) is 0 Å². The summed E-state index contributed by atoms with van der Waals surface area (Å²) in [4.78, 5) is 47.4. The average molecular weight is 539 g/mol. The van der Waals surface area contributed by atoms with Crippen molar-refractivity contribution in [2.45, 2.75) is 12.3 Å². The van der Waals surface area contributed by atoms with E-state index < -0.39 is 11.9 Å². The normalized spacial score (nSPS) is 18.7. The molecular formula is C31H30N4O5. The minimum absolute atomic E-state index is 0.0902. The van der Waals surface area contributed by atoms with Gasteiger partial charge in [0.15, 0.2) is 0 Å². The predicted octanol–water partition coefficient (Wildman–Crippen LogP) is 3.55. The van der Waals surface area contributed by atoms with E-state index in [9.17, 15) is 14.4 Å². The molecule has 204 valence electrons. The van der Waals surface area contributed by atoms with Gasteiger partial charge in [-0.3, -0.25) is 19.5 Å². The number of fused-ring (bicyclic) bond motifs is 2. The molecule has 0 aliphatic carbocycles. The average Bonchev–Trinajstić information content (AvgIpc) is 3.56. The Morgan fingerprint density at radius 2 is 1.80 bits per heavy atom. The monoisotopic (exact) mass is 538 g/mol. The predicted molar refractivity (Wildman–Crippen MR) is 152 cm³/mol. The zero-order chi connectivity index (χ0) is 27.6. The van der Waals surface area contributed by atoms with Crippen molar-refractivity contribution in [2.24, 2.45) is 4.99 Å². The maximum Gasteiger partial charge on any atom is 0.337 e. The highest BCUT2D eigenvalue weighted by molar-refractivity contribution is 6.24. The van der Waals surface area contributed by atoms with Gasteiger partial charge in [0.2, 0.25) is 11.8 Å². The Bertz CT molecular complexity index is 1500. The van der Waals surface area contributed by atoms with Gasteiger partial charge >= 0.3 is 5.97 Å². The number of rotatable bonds is 6. The maximum absolute atomic E-state index is 13.3. The van der Waals surface area contributed by atoms with Crippen molar-refractivity contribution >= 4 is 40.6 Å². The van der Waals surface area contributed by atoms with Crippen molar-refractivity contribution in [3.05, 3.63) is 89.0 Å². The molecule has 1 N–H and O–H groups in total. The molecule has 0 spiro atoms. The molecule has 40 heavy (non-hydrogen) atoms. The van der Waals surface area contributed by atoms with Crippen molar-refractivity contribution in [1.29, 1.82) is 0 Å². The topological polar surface area (TPSA) is 101 Å². The number of hydrogen-bond acceptors (Lipinski definition) is 7. The second kappa shape index (κ2) is 11.0. The molecule has 1 saturated heterocycles. The number of nitrogens with zero attached hydrogens (tertiary/aromatic N) is 3. The lowest BCUT2D eigenvalue weighted by atomic mass is 9.90. The number of carbonyl (C=O) groups excluding carboxylic acids is 3. The standard InChI is InChI=1S/C31H30N4O5/c1-39-31(38)22-7-9-24-25(18-22)33-30(37)28(24)29(20-5-3-2-4-6-20)32-23-8-10-26-21(17-23)11-12-35(26)27(36)19-34-13-15-40-16-14-34/h2-10,17-18,28H,11-16,19H2,1H3,(H,33,37). The molecule has 3 aliphatic heterocycles. The van der Waals surface area contributed by atoms with Gasteiger partial charge in [-0.05, 0) is 53.4 Å². The van der Waals surface area contributed by atoms with E-state index in [-0.39, 0.29) is 11.8 Å². The highest BCUT2D eigenvalue weighted by atomic mass is 16.5. The Labute approximate surface area is 232 Å². The van der Waals surface area contributed by atoms with Crippen LogP contribution >= 0.6 is 0 Å². The molecule has 0 radical (unpaired) electrons. The van der Waals surface area contributed by atoms with Crippen LogP contribution in [0.3, 0.4) is 0 Å². The molecule has 1 fully saturated rings. The number of nitrogens with one attached hydrogen (secondary N) is 1. The van der Waals surface area contributed by atoms with Crippen molar-refractivity contribution in [3.63, 3.8) is 0 Å². The van der Waals surface area contributed by atoms with E-state index in [0.29, 0.717) is 49.0 Å². The van der Waals surface area contributed by atoms with Crippen molar-refractivity contribution in [2.75, 3.05) is 56.7 Å². The van der Waals surface area contributed by atoms with Crippen LogP contribution in [-0.2, 0) is 25.5 Å². The summed E-state index contributed by atoms with van der Waals surface area (Å²) in [6.45, 7) is 3.87. The van der Waals surface area contributed by atoms with E-state index in [1.165, 1.54) is 7.11 Å². The van der Waals surface area contributed by atoms with Crippen LogP contribution in [0.4, 0.5) is 17.1 Å². The van der Waals surface area contributed by atoms with Crippen LogP contribution < -0.4 is 10.2 Å². The van der Waals surface area contributed by atoms with E-state index >= 15 is 0 Å². The summed E-state index contributed by atoms with van der Waals surface area (Å²) in [5, 5.41) is 2.91. The lowest BCUT2D eigenvalue weighted by Gasteiger charge is -2.28. The third-order valence-corrected chi connectivity index (χ3v) is 7.62. The van der Waals surface area contributed by atoms with Gasteiger partial charge in [0.05, 0.1) is 43.8 Å². The first kappa shape index (κ1) is 25.9. The maximum atomic E-state index is 13.3. The van der Waals surface area contributed by atoms with Gasteiger partial charge in [-0.2, -0.15) is 0 Å². The smallest absolute Gasteiger partial charge is 0.337 e. The molecule has 3 aromatic rings. The highest BCUT2D eigenvalue weighted by Gasteiger charge is 2.36. The van der Waals surface area contributed by atoms with Crippen LogP contribution in [0, 0.1) is 0 Å². The SMILES string of the molecule is COC(=O)c1ccc2c(c1)NC(=O)C2C(=Nc1ccc2c(c1)CCN2C(=O)CN1CCOCC1)c1ccccc1. The molecule has 3 heterocycles. The first-order valence-corrected chi connectivity index (χ1v) is 13.4. The molecule has 1 atom stereocenters. The van der Waals surface area contributed by atoms with Gasteiger partial charge in [0, 0.05) is 31.0 Å². The molecule has 1 unspecified atom stereocenters. The van der Waals surface area contributed by atoms with Crippen LogP contribution in [-0.4, -0.2) is 74.9 Å². The Hall–Kier alpha value is -4.34. The van der Waals surface area contributed by atoms with Gasteiger partial charge < -0.3 is 19.7 Å². The number of morpholine rings is 1. The van der Waals surface area contributed by atoms with Crippen molar-refractivity contribution in [3.8, 4) is 0 Å². The lowest BCUT2D eigenvalue weighted by Crippen LogP contribution is -2.44. The van der Waals surface area contributed by atoms with Crippen LogP contribution in [0.1, 0.15) is 33.0 Å². The Kier molecular flexibility index (Phi) is 7.15. The summed E-state index contributed by atoms with van der Waals surface area (Å²) in [7, 11) is 1.33. The number of ether oxygens (including phenoxy) is 2. The molecular weight excluding hydrogens is 508 g/mol. The molecule has 0 bridgehead atoms. The Morgan fingerprint density at radius 3 is 2.58 bits per heavy atom. The number of benzene rings is 3. The van der Waals surface area contributed by atoms with E-state index in [2.05, 4.69) is 10.2 Å². The van der Waals surface area contributed by atoms with E-state index in [4.69, 9.17) is 14.5 Å². The fourth-order valence-corrected chi connectivity index (χ4v) is 5.58. The van der Waals surface area contributed by atoms with Crippen LogP contribution in [0.5, 0.6) is 0 Å². The van der Waals surface area contributed by atoms with E-state index in [1.807, 2.05) is 53.4 Å². The largest absolute Gasteiger partial charge is 0.465 e. The van der Waals surface area contributed by atoms with Crippen molar-refractivity contribution < 1.29 is 23.9 Å². The lowest BCUT2D eigenvalue weighted by molar-refractivity contribution is -0.120. The summed E-state index contributed by atoms with van der Waals surface area (Å²) in [5.41, 5.74) is 5.82. The molecule has 9 nitrogen and oxygen atoms in total. The summed E-state index contributed by atoms with van der Waals surface area (Å²) >= 11 is 0. The summed E-state index contributed by atoms with van der Waals surface area (Å²) < 4.78 is 10.2. The summed E-state index contributed by atoms with van der Waals surface area (Å²) in [6.07, 6.45) is 0.747. The number of esters is 1. The summed E-state index contributed by atoms with van der Waals surface area (Å²) in [6, 6.07) is 20.6. The van der Waals surface area contributed by atoms with Gasteiger partial charge in [-0.1, -0.05) is 36.4 Å². The third-order valence-electron chi connectivity index (χ3n) is 7.62. The minimum Gasteiger partial charge on any atom is -0.465 e. The second-order valence-corrected chi connectivity index (χ2v) is 10.1. The molecule has 2 amide bonds. The van der Waals surface area contributed by atoms with E-state index in [0.717, 1.165) is 41.9 Å². The highest BCUT2D eigenvalue weighted by Crippen LogP contribution is 2.38. The first-order valence-electron chi connectivity index (χ1n) is 13.4. The summed E-state index contributed by atoms with van der Waals surface area (Å²) in [5.74, 6) is -1.23. The number of carbonyl (C=O) groups is 3. The molecule has 3 aliphatic rings. The van der Waals surface area contributed by atoms with Gasteiger partial charge in [0.1, 0.15) is 5.92 Å². The molecule has 0 aromatic heterocycles. The van der Waals surface area contributed by atoms with Gasteiger partial charge in [-0.15, -0.1) is 0 Å². The van der Waals surface area contributed by atoms with Crippen LogP contribution in [0.15, 0.2) is 71.7 Å². The fourth-order valence-electron chi connectivity index (χ4n) is 5.58. The third kappa shape index (κ3) is 5.01. The number of aliphatic imine (C=N–C) groups is 1. The number of hydrogen-bond donors (Lipinski definition) is 1. The molecule has 6 rings (SSSR count). The van der Waals surface area contributed by atoms with Crippen LogP contribution in [0.2, 0.25) is 0 Å². The Morgan fingerprint density at radius 1 is 1.00 bits per heavy atom. The van der Waals surface area contributed by atoms with E-state index in [1.54, 1.807) is 18.2 Å². The molecule has 9 heteroatoms. The second-order valence-electron chi connectivity index (χ2n) is 10.1. The first-order chi connectivity index (χ1) is 19.5. The zero-order valence-corrected chi connectivity index (χ0v) is 22.3. The van der Waals surface area contributed by atoms with Crippen LogP contribution in [0.25, 0.3) is 0 Å². The quantitative estimate of drug-likeness (QED) is 0.381. The minimum atomic E-state index is -0.649. The van der Waals surface area contributed by atoms with Crippen molar-refractivity contribution in [1.82, 2.24) is 4.90 Å². The molecule has 3 aromatic carbocycles. The molecule has 0 saturated carbocycles. The fraction of sp³-hybridized carbons (Fsp3) is 0.290. The number of amides is 2. The van der Waals surface area contributed by atoms with Gasteiger partial charge in [-0.25, -0.2) is 4.79 Å². The number of methoxy groups -OCH3 is 1. The Balaban J connectivity index is 1.32.